The third kappa shape index (κ3) is 18.1. The van der Waals surface area contributed by atoms with Gasteiger partial charge in [-0.3, -0.25) is 9.59 Å². The maximum Gasteiger partial charge on any atom is 0.219 e. The largest absolute Gasteiger partial charge is 0.871 e. The van der Waals surface area contributed by atoms with Crippen molar-refractivity contribution in [2.45, 2.75) is 203 Å². The molecular weight excluding hydrogens is 1010 g/mol. The fraction of sp³-hybridized carbons (Fsp3) is 0.529. The van der Waals surface area contributed by atoms with Crippen LogP contribution in [-0.2, 0) is 33.3 Å². The lowest BCUT2D eigenvalue weighted by atomic mass is 9.84. The molecule has 76 heavy (non-hydrogen) atoms. The molecule has 412 valence electrons. The third-order valence-corrected chi connectivity index (χ3v) is 18.3. The molecule has 2 aromatic heterocycles. The Bertz CT molecular complexity index is 2810. The molecular formula is C68H92O4S4. The van der Waals surface area contributed by atoms with Gasteiger partial charge in [-0.15, -0.1) is 0 Å². The fourth-order valence-electron chi connectivity index (χ4n) is 8.63. The summed E-state index contributed by atoms with van der Waals surface area (Å²) in [6.07, 6.45) is 19.6. The Morgan fingerprint density at radius 2 is 0.737 bits per heavy atom. The first kappa shape index (κ1) is 63.0. The van der Waals surface area contributed by atoms with Gasteiger partial charge in [-0.1, -0.05) is 201 Å². The van der Waals surface area contributed by atoms with Crippen LogP contribution in [0.3, 0.4) is 0 Å². The first-order valence-corrected chi connectivity index (χ1v) is 30.5. The minimum Gasteiger partial charge on any atom is -0.871 e. The van der Waals surface area contributed by atoms with Gasteiger partial charge in [0.25, 0.3) is 0 Å². The van der Waals surface area contributed by atoms with Crippen LogP contribution < -0.4 is 10.2 Å². The van der Waals surface area contributed by atoms with Crippen LogP contribution in [0.25, 0.3) is 12.2 Å². The van der Waals surface area contributed by atoms with Gasteiger partial charge in [-0.25, -0.2) is 0 Å². The number of hydrogen-bond donors (Lipinski definition) is 0. The maximum atomic E-state index is 13.3. The number of Topliss-reactive ketones (excluding diaryl/α,β-unsaturated/α-hetero) is 2. The Morgan fingerprint density at radius 1 is 0.408 bits per heavy atom. The van der Waals surface area contributed by atoms with Crippen LogP contribution >= 0.6 is 46.2 Å². The highest BCUT2D eigenvalue weighted by Crippen LogP contribution is 2.50. The summed E-state index contributed by atoms with van der Waals surface area (Å²) in [5.74, 6) is -0.613. The second-order valence-electron chi connectivity index (χ2n) is 30.4. The van der Waals surface area contributed by atoms with Crippen molar-refractivity contribution in [3.05, 3.63) is 156 Å². The molecule has 0 aromatic carbocycles. The Hall–Kier alpha value is -3.82. The van der Waals surface area contributed by atoms with Gasteiger partial charge in [0.05, 0.1) is 0 Å². The predicted molar refractivity (Wildman–Crippen MR) is 332 cm³/mol. The highest BCUT2D eigenvalue weighted by Gasteiger charge is 2.35. The minimum absolute atomic E-state index is 0.0122. The summed E-state index contributed by atoms with van der Waals surface area (Å²) in [5.41, 5.74) is 5.50. The molecule has 0 spiro atoms. The molecule has 0 fully saturated rings. The average molecular weight is 1100 g/mol. The van der Waals surface area contributed by atoms with Gasteiger partial charge in [-0.2, -0.15) is 0 Å². The lowest BCUT2D eigenvalue weighted by molar-refractivity contribution is -0.301. The molecule has 4 heterocycles. The zero-order chi connectivity index (χ0) is 57.7. The van der Waals surface area contributed by atoms with E-state index in [-0.39, 0.29) is 77.6 Å². The molecule has 0 unspecified atom stereocenters. The molecule has 0 saturated heterocycles. The molecule has 2 aliphatic carbocycles. The van der Waals surface area contributed by atoms with Crippen molar-refractivity contribution >= 4 is 69.9 Å². The SMILES string of the molecule is CC(C)(C)C1=CC(=CC2=C([O-])/C(=C/c3cc(C(C)(C)C)[s+]c(C(C)(C)C)c3)C2=O)C=C(C(C)(C)C)S1.CC(C)(C)CC1=CC(=CC2=C([O-])/C(=C/c3cc(CC(C)(C)C)[s+]c(CC(C)(C)C)c3)C2=O)C=C(CC(C)(C)C)S1. The van der Waals surface area contributed by atoms with Crippen LogP contribution in [0.4, 0.5) is 0 Å². The van der Waals surface area contributed by atoms with Crippen molar-refractivity contribution in [2.24, 2.45) is 32.5 Å². The Balaban J connectivity index is 0.000000282. The van der Waals surface area contributed by atoms with Crippen LogP contribution in [0.5, 0.6) is 0 Å². The molecule has 2 aromatic rings. The van der Waals surface area contributed by atoms with Gasteiger partial charge in [-0.05, 0) is 136 Å². The van der Waals surface area contributed by atoms with Crippen LogP contribution in [0.2, 0.25) is 0 Å². The first-order chi connectivity index (χ1) is 34.2. The Kier molecular flexibility index (Phi) is 18.9. The molecule has 0 N–H and O–H groups in total. The van der Waals surface area contributed by atoms with Crippen molar-refractivity contribution in [1.29, 1.82) is 0 Å². The Labute approximate surface area is 477 Å². The zero-order valence-corrected chi connectivity index (χ0v) is 54.3. The normalized spacial score (nSPS) is 18.5. The highest BCUT2D eigenvalue weighted by molar-refractivity contribution is 8.07. The molecule has 0 radical (unpaired) electrons. The van der Waals surface area contributed by atoms with Gasteiger partial charge in [0.2, 0.25) is 42.2 Å². The number of carbonyl (C=O) groups excluding carboxylic acids is 2. The number of ketones is 2. The predicted octanol–water partition coefficient (Wildman–Crippen LogP) is 18.8. The van der Waals surface area contributed by atoms with E-state index < -0.39 is 0 Å². The highest BCUT2D eigenvalue weighted by atomic mass is 32.2. The average Bonchev–Trinajstić information content (AvgIpc) is 3.21. The number of carbonyl (C=O) groups is 2. The van der Waals surface area contributed by atoms with Gasteiger partial charge in [0, 0.05) is 70.2 Å². The summed E-state index contributed by atoms with van der Waals surface area (Å²) in [6, 6.07) is 8.57. The van der Waals surface area contributed by atoms with Crippen molar-refractivity contribution in [1.82, 2.24) is 0 Å². The van der Waals surface area contributed by atoms with Gasteiger partial charge < -0.3 is 10.2 Å². The molecule has 0 atom stereocenters. The molecule has 2 aliphatic heterocycles. The van der Waals surface area contributed by atoms with Crippen molar-refractivity contribution < 1.29 is 19.8 Å². The lowest BCUT2D eigenvalue weighted by Gasteiger charge is -2.33. The van der Waals surface area contributed by atoms with Crippen molar-refractivity contribution in [2.75, 3.05) is 0 Å². The number of hydrogen-bond acceptors (Lipinski definition) is 6. The topological polar surface area (TPSA) is 80.3 Å². The summed E-state index contributed by atoms with van der Waals surface area (Å²) in [5, 5.41) is 26.4. The smallest absolute Gasteiger partial charge is 0.219 e. The summed E-state index contributed by atoms with van der Waals surface area (Å²) >= 11 is 7.30. The summed E-state index contributed by atoms with van der Waals surface area (Å²) in [4.78, 5) is 36.6. The Morgan fingerprint density at radius 3 is 1.04 bits per heavy atom. The number of thioether (sulfide) groups is 2. The number of rotatable bonds is 8. The van der Waals surface area contributed by atoms with E-state index in [1.165, 1.54) is 39.1 Å². The molecule has 4 aliphatic rings. The van der Waals surface area contributed by atoms with E-state index in [1.807, 2.05) is 35.3 Å². The first-order valence-electron chi connectivity index (χ1n) is 27.2. The molecule has 0 bridgehead atoms. The molecule has 4 nitrogen and oxygen atoms in total. The summed E-state index contributed by atoms with van der Waals surface area (Å²) in [7, 11) is 0. The van der Waals surface area contributed by atoms with E-state index >= 15 is 0 Å². The number of allylic oxidation sites excluding steroid dienone is 16. The third-order valence-electron chi connectivity index (χ3n) is 12.4. The zero-order valence-electron chi connectivity index (χ0n) is 51.0. The van der Waals surface area contributed by atoms with Gasteiger partial charge in [0.1, 0.15) is 0 Å². The lowest BCUT2D eigenvalue weighted by Crippen LogP contribution is -2.29. The molecule has 0 amide bonds. The second kappa shape index (κ2) is 22.7. The quantitative estimate of drug-likeness (QED) is 0.194. The van der Waals surface area contributed by atoms with Crippen molar-refractivity contribution in [3.63, 3.8) is 0 Å². The van der Waals surface area contributed by atoms with Gasteiger partial charge in [0.15, 0.2) is 11.6 Å². The van der Waals surface area contributed by atoms with Crippen LogP contribution in [0, 0.1) is 32.5 Å². The van der Waals surface area contributed by atoms with E-state index in [0.717, 1.165) is 48.0 Å². The van der Waals surface area contributed by atoms with E-state index in [2.05, 4.69) is 215 Å². The monoisotopic (exact) mass is 1100 g/mol. The summed E-state index contributed by atoms with van der Waals surface area (Å²) in [6.45, 7) is 53.3. The van der Waals surface area contributed by atoms with Crippen molar-refractivity contribution in [3.8, 4) is 0 Å². The fourth-order valence-corrected chi connectivity index (χ4v) is 14.6. The van der Waals surface area contributed by atoms with E-state index in [4.69, 9.17) is 0 Å². The minimum atomic E-state index is -0.163. The van der Waals surface area contributed by atoms with E-state index in [9.17, 15) is 19.8 Å². The maximum absolute atomic E-state index is 13.3. The molecule has 0 saturated carbocycles. The summed E-state index contributed by atoms with van der Waals surface area (Å²) < 4.78 is 0. The molecule has 8 heteroatoms. The van der Waals surface area contributed by atoms with Crippen LogP contribution in [0.15, 0.2) is 125 Å². The van der Waals surface area contributed by atoms with Crippen LogP contribution in [-0.4, -0.2) is 11.6 Å². The standard InChI is InChI=1S/C36H50O2S2.C32H42O2S2/c1-33(2,3)19-25-13-23(14-26(39-25)20-34(4,5)6)17-29-31(37)30(32(29)38)18-24-15-27(21-35(7,8)9)40-28(16-24)22-36(10,11)12;1-29(2,3)23-15-19(16-24(35-23)30(4,5)6)13-21-27(33)22(28(21)34)14-20-17-25(31(7,8)9)36-26(18-20)32(10,11)12/h13-18H,19-22H2,1-12H3;13-18H,1-12H3. The molecule has 6 rings (SSSR count). The van der Waals surface area contributed by atoms with Crippen LogP contribution in [0.1, 0.15) is 210 Å². The van der Waals surface area contributed by atoms with E-state index in [1.54, 1.807) is 35.3 Å². The second-order valence-corrected chi connectivity index (χ2v) is 35.1. The van der Waals surface area contributed by atoms with E-state index in [0.29, 0.717) is 11.1 Å². The van der Waals surface area contributed by atoms with Gasteiger partial charge >= 0.3 is 0 Å².